The molecule has 0 heterocycles. The molecule has 0 spiro atoms. The average Bonchev–Trinajstić information content (AvgIpc) is 2.84. The van der Waals surface area contributed by atoms with Crippen LogP contribution < -0.4 is 44.7 Å². The van der Waals surface area contributed by atoms with Gasteiger partial charge in [-0.25, -0.2) is 0 Å². The number of amides is 1. The fourth-order valence-electron chi connectivity index (χ4n) is 3.89. The molecule has 0 atom stereocenters. The van der Waals surface area contributed by atoms with E-state index in [4.69, 9.17) is 27.9 Å². The number of para-hydroxylation sites is 1. The Morgan fingerprint density at radius 2 is 1.79 bits per heavy atom. The van der Waals surface area contributed by atoms with Crippen LogP contribution in [0.15, 0.2) is 75.8 Å². The molecule has 1 amide bonds. The number of rotatable bonds is 7. The number of aryl methyl sites for hydroxylation is 1. The molecule has 0 saturated carbocycles. The minimum Gasteiger partial charge on any atom is -0.870 e. The van der Waals surface area contributed by atoms with Gasteiger partial charge < -0.3 is 15.2 Å². The van der Waals surface area contributed by atoms with Crippen molar-refractivity contribution in [2.45, 2.75) is 18.7 Å². The van der Waals surface area contributed by atoms with E-state index in [1.54, 1.807) is 49.4 Å². The number of azo groups is 1. The Labute approximate surface area is 256 Å². The first-order chi connectivity index (χ1) is 18.0. The predicted octanol–water partition coefficient (Wildman–Crippen LogP) is 3.85. The van der Waals surface area contributed by atoms with Gasteiger partial charge in [0.05, 0.1) is 23.0 Å². The average molecular weight is 596 g/mol. The summed E-state index contributed by atoms with van der Waals surface area (Å²) in [6.45, 7) is 3.49. The van der Waals surface area contributed by atoms with Crippen molar-refractivity contribution in [1.82, 2.24) is 0 Å². The summed E-state index contributed by atoms with van der Waals surface area (Å²) in [6, 6.07) is 15.5. The third kappa shape index (κ3) is 6.72. The Hall–Kier alpha value is -2.70. The maximum absolute atomic E-state index is 13.5. The molecule has 0 aliphatic heterocycles. The molecule has 196 valence electrons. The van der Waals surface area contributed by atoms with Crippen LogP contribution in [0.4, 0.5) is 17.1 Å². The van der Waals surface area contributed by atoms with Crippen molar-refractivity contribution in [2.24, 2.45) is 10.2 Å². The second-order valence-electron chi connectivity index (χ2n) is 8.07. The molecule has 0 radical (unpaired) electrons. The van der Waals surface area contributed by atoms with Crippen LogP contribution in [0.25, 0.3) is 10.8 Å². The number of nitrogens with one attached hydrogen (secondary N) is 1. The van der Waals surface area contributed by atoms with Gasteiger partial charge in [0.25, 0.3) is 16.0 Å². The summed E-state index contributed by atoms with van der Waals surface area (Å²) in [4.78, 5) is 12.7. The standard InChI is InChI=1S/C26H21Cl2N3O6S.Na/c1-3-37-24-19(28)9-6-10-20(24)29-26(33)18-12-15-7-4-5-8-17(15)22(23(18)32)31-30-21-13-16(27)11-14(2)25(21)38(34,35)36;/h4-13,32H,3H2,1-2H3,(H,29,33)(H,34,35,36);/q;+1/p-1. The van der Waals surface area contributed by atoms with Gasteiger partial charge in [-0.1, -0.05) is 59.3 Å². The number of carbonyl (C=O) groups excluding carboxylic acids is 1. The fourth-order valence-corrected chi connectivity index (χ4v) is 5.22. The minimum absolute atomic E-state index is 0. The first-order valence-corrected chi connectivity index (χ1v) is 13.4. The Kier molecular flexibility index (Phi) is 10.0. The summed E-state index contributed by atoms with van der Waals surface area (Å²) in [6.07, 6.45) is 0. The minimum atomic E-state index is -4.68. The Bertz CT molecular complexity index is 1710. The molecular weight excluding hydrogens is 576 g/mol. The van der Waals surface area contributed by atoms with Crippen LogP contribution in [-0.2, 0) is 10.1 Å². The molecular formula is C26H20Cl2N3NaO6S. The quantitative estimate of drug-likeness (QED) is 0.189. The van der Waals surface area contributed by atoms with E-state index in [1.807, 2.05) is 0 Å². The maximum Gasteiger partial charge on any atom is 1.00 e. The molecule has 9 nitrogen and oxygen atoms in total. The number of hydrogen-bond donors (Lipinski definition) is 2. The molecule has 0 aliphatic carbocycles. The van der Waals surface area contributed by atoms with Gasteiger partial charge in [0.1, 0.15) is 10.6 Å². The molecule has 0 saturated heterocycles. The van der Waals surface area contributed by atoms with Crippen LogP contribution in [0.2, 0.25) is 10.0 Å². The number of ether oxygens (including phenoxy) is 1. The molecule has 0 aromatic heterocycles. The van der Waals surface area contributed by atoms with E-state index < -0.39 is 26.7 Å². The van der Waals surface area contributed by atoms with Gasteiger partial charge in [-0.3, -0.25) is 9.35 Å². The van der Waals surface area contributed by atoms with Crippen LogP contribution in [0, 0.1) is 6.92 Å². The van der Waals surface area contributed by atoms with E-state index in [-0.39, 0.29) is 73.5 Å². The second kappa shape index (κ2) is 12.6. The van der Waals surface area contributed by atoms with Crippen LogP contribution in [0.5, 0.6) is 11.5 Å². The van der Waals surface area contributed by atoms with Crippen molar-refractivity contribution in [2.75, 3.05) is 11.9 Å². The summed E-state index contributed by atoms with van der Waals surface area (Å²) < 4.78 is 39.2. The van der Waals surface area contributed by atoms with Gasteiger partial charge in [-0.05, 0) is 55.1 Å². The number of hydrogen-bond acceptors (Lipinski definition) is 7. The molecule has 4 aromatic rings. The number of benzene rings is 4. The smallest absolute Gasteiger partial charge is 0.870 e. The molecule has 2 N–H and O–H groups in total. The number of fused-ring (bicyclic) bond motifs is 1. The number of carbonyl (C=O) groups is 1. The SMILES string of the molecule is CCOc1c(Cl)cccc1NC(=O)c1cc2ccccc2c(N=Nc2cc(Cl)cc(C)c2S(=O)(=O)O)c1[O-].[Na+]. The summed E-state index contributed by atoms with van der Waals surface area (Å²) in [5.41, 5.74) is -0.301. The summed E-state index contributed by atoms with van der Waals surface area (Å²) in [5, 5.41) is 25.4. The molecule has 13 heteroatoms. The Balaban J connectivity index is 0.00000420. The van der Waals surface area contributed by atoms with Gasteiger partial charge in [-0.15, -0.1) is 5.11 Å². The summed E-state index contributed by atoms with van der Waals surface area (Å²) in [5.74, 6) is -1.23. The van der Waals surface area contributed by atoms with Crippen molar-refractivity contribution in [3.63, 3.8) is 0 Å². The van der Waals surface area contributed by atoms with Crippen LogP contribution >= 0.6 is 23.2 Å². The van der Waals surface area contributed by atoms with E-state index in [2.05, 4.69) is 15.5 Å². The maximum atomic E-state index is 13.5. The van der Waals surface area contributed by atoms with Crippen molar-refractivity contribution < 1.29 is 57.2 Å². The summed E-state index contributed by atoms with van der Waals surface area (Å²) in [7, 11) is -4.68. The topological polar surface area (TPSA) is 140 Å². The number of nitrogens with zero attached hydrogens (tertiary/aromatic N) is 2. The second-order valence-corrected chi connectivity index (χ2v) is 10.3. The van der Waals surface area contributed by atoms with E-state index in [1.165, 1.54) is 25.1 Å². The fraction of sp³-hybridized carbons (Fsp3) is 0.115. The molecule has 39 heavy (non-hydrogen) atoms. The first-order valence-electron chi connectivity index (χ1n) is 11.2. The molecule has 0 fully saturated rings. The van der Waals surface area contributed by atoms with Gasteiger partial charge in [0.15, 0.2) is 5.75 Å². The van der Waals surface area contributed by atoms with Gasteiger partial charge >= 0.3 is 29.6 Å². The Morgan fingerprint density at radius 3 is 2.49 bits per heavy atom. The van der Waals surface area contributed by atoms with Crippen LogP contribution in [0.1, 0.15) is 22.8 Å². The van der Waals surface area contributed by atoms with Gasteiger partial charge in [-0.2, -0.15) is 13.5 Å². The van der Waals surface area contributed by atoms with Crippen LogP contribution in [-0.4, -0.2) is 25.5 Å². The Morgan fingerprint density at radius 1 is 1.08 bits per heavy atom. The van der Waals surface area contributed by atoms with Gasteiger partial charge in [0.2, 0.25) is 0 Å². The predicted molar refractivity (Wildman–Crippen MR) is 144 cm³/mol. The van der Waals surface area contributed by atoms with Crippen LogP contribution in [0.3, 0.4) is 0 Å². The molecule has 0 unspecified atom stereocenters. The molecule has 0 bridgehead atoms. The van der Waals surface area contributed by atoms with Crippen molar-refractivity contribution in [3.8, 4) is 11.5 Å². The van der Waals surface area contributed by atoms with Crippen molar-refractivity contribution >= 4 is 67.1 Å². The van der Waals surface area contributed by atoms with E-state index in [0.717, 1.165) is 0 Å². The zero-order valence-corrected chi connectivity index (χ0v) is 25.4. The first kappa shape index (κ1) is 30.8. The van der Waals surface area contributed by atoms with Crippen molar-refractivity contribution in [1.29, 1.82) is 0 Å². The molecule has 4 rings (SSSR count). The normalized spacial score (nSPS) is 11.4. The van der Waals surface area contributed by atoms with Crippen molar-refractivity contribution in [3.05, 3.63) is 81.8 Å². The van der Waals surface area contributed by atoms with E-state index in [9.17, 15) is 22.9 Å². The largest absolute Gasteiger partial charge is 1.00 e. The monoisotopic (exact) mass is 595 g/mol. The zero-order valence-electron chi connectivity index (χ0n) is 21.0. The third-order valence-electron chi connectivity index (χ3n) is 5.46. The summed E-state index contributed by atoms with van der Waals surface area (Å²) >= 11 is 12.3. The van der Waals surface area contributed by atoms with E-state index >= 15 is 0 Å². The number of halogens is 2. The zero-order chi connectivity index (χ0) is 27.6. The van der Waals surface area contributed by atoms with E-state index in [0.29, 0.717) is 17.4 Å². The number of anilines is 1. The molecule has 0 aliphatic rings. The third-order valence-corrected chi connectivity index (χ3v) is 7.02. The molecule has 4 aromatic carbocycles. The van der Waals surface area contributed by atoms with Gasteiger partial charge in [0, 0.05) is 16.0 Å².